The summed E-state index contributed by atoms with van der Waals surface area (Å²) in [5.41, 5.74) is 1.97. The lowest BCUT2D eigenvalue weighted by Gasteiger charge is -2.08. The molecule has 1 aromatic heterocycles. The van der Waals surface area contributed by atoms with Gasteiger partial charge in [0.05, 0.1) is 20.8 Å². The molecule has 0 unspecified atom stereocenters. The summed E-state index contributed by atoms with van der Waals surface area (Å²) >= 11 is 24.6. The lowest BCUT2D eigenvalue weighted by Crippen LogP contribution is -2.34. The molecule has 3 aromatic rings. The molecule has 1 heterocycles. The Labute approximate surface area is 168 Å². The van der Waals surface area contributed by atoms with E-state index in [0.29, 0.717) is 15.2 Å². The monoisotopic (exact) mass is 429 g/mol. The molecule has 0 radical (unpaired) electrons. The summed E-state index contributed by atoms with van der Waals surface area (Å²) in [6.07, 6.45) is 0. The van der Waals surface area contributed by atoms with E-state index in [1.165, 1.54) is 17.4 Å². The third kappa shape index (κ3) is 4.22. The van der Waals surface area contributed by atoms with E-state index in [1.807, 2.05) is 13.0 Å². The largest absolute Gasteiger partial charge is 0.308 e. The van der Waals surface area contributed by atoms with Crippen LogP contribution in [0.15, 0.2) is 30.3 Å². The molecular formula is C16H10Cl3N3OS2. The number of rotatable bonds is 2. The zero-order valence-electron chi connectivity index (χ0n) is 12.7. The number of hydrogen-bond donors (Lipinski definition) is 2. The average molecular weight is 431 g/mol. The molecule has 128 valence electrons. The maximum absolute atomic E-state index is 12.3. The van der Waals surface area contributed by atoms with Crippen molar-refractivity contribution < 1.29 is 4.79 Å². The van der Waals surface area contributed by atoms with Crippen molar-refractivity contribution in [3.05, 3.63) is 56.5 Å². The maximum atomic E-state index is 12.3. The van der Waals surface area contributed by atoms with Crippen molar-refractivity contribution in [3.63, 3.8) is 0 Å². The number of aryl methyl sites for hydroxylation is 1. The molecule has 0 saturated heterocycles. The van der Waals surface area contributed by atoms with Crippen LogP contribution >= 0.6 is 58.4 Å². The number of carbonyl (C=O) groups is 1. The maximum Gasteiger partial charge on any atom is 0.258 e. The van der Waals surface area contributed by atoms with Crippen LogP contribution in [-0.2, 0) is 0 Å². The Morgan fingerprint density at radius 3 is 2.68 bits per heavy atom. The number of nitrogens with one attached hydrogen (secondary N) is 2. The number of thiocarbonyl (C=S) groups is 1. The van der Waals surface area contributed by atoms with Gasteiger partial charge in [0.25, 0.3) is 5.91 Å². The number of hydrogen-bond acceptors (Lipinski definition) is 4. The van der Waals surface area contributed by atoms with Crippen LogP contribution in [0.1, 0.15) is 15.9 Å². The number of halogens is 3. The number of amides is 1. The zero-order chi connectivity index (χ0) is 18.1. The van der Waals surface area contributed by atoms with E-state index in [4.69, 9.17) is 47.0 Å². The van der Waals surface area contributed by atoms with Gasteiger partial charge in [0.2, 0.25) is 0 Å². The second-order valence-corrected chi connectivity index (χ2v) is 7.81. The first-order valence-electron chi connectivity index (χ1n) is 6.97. The van der Waals surface area contributed by atoms with Crippen LogP contribution in [0.5, 0.6) is 0 Å². The highest BCUT2D eigenvalue weighted by Gasteiger charge is 2.14. The van der Waals surface area contributed by atoms with E-state index in [1.54, 1.807) is 18.2 Å². The molecule has 3 rings (SSSR count). The molecule has 0 spiro atoms. The van der Waals surface area contributed by atoms with Gasteiger partial charge < -0.3 is 5.32 Å². The minimum Gasteiger partial charge on any atom is -0.308 e. The van der Waals surface area contributed by atoms with Crippen LogP contribution in [0.4, 0.5) is 5.13 Å². The number of benzene rings is 2. The van der Waals surface area contributed by atoms with Crippen molar-refractivity contribution in [3.8, 4) is 0 Å². The molecule has 2 aromatic carbocycles. The molecule has 0 aliphatic heterocycles. The molecule has 1 amide bonds. The number of anilines is 1. The van der Waals surface area contributed by atoms with E-state index < -0.39 is 5.91 Å². The Morgan fingerprint density at radius 1 is 1.16 bits per heavy atom. The molecule has 0 aliphatic carbocycles. The Morgan fingerprint density at radius 2 is 1.92 bits per heavy atom. The molecule has 2 N–H and O–H groups in total. The fraction of sp³-hybridized carbons (Fsp3) is 0.0625. The molecule has 0 bridgehead atoms. The van der Waals surface area contributed by atoms with E-state index in [-0.39, 0.29) is 15.7 Å². The number of aromatic nitrogens is 1. The molecule has 25 heavy (non-hydrogen) atoms. The number of thiazole rings is 1. The van der Waals surface area contributed by atoms with Crippen LogP contribution in [0.2, 0.25) is 15.1 Å². The van der Waals surface area contributed by atoms with Crippen LogP contribution in [0.25, 0.3) is 10.2 Å². The average Bonchev–Trinajstić information content (AvgIpc) is 2.90. The first kappa shape index (κ1) is 18.4. The molecular weight excluding hydrogens is 421 g/mol. The Kier molecular flexibility index (Phi) is 5.46. The molecule has 0 aliphatic rings. The molecule has 0 atom stereocenters. The predicted molar refractivity (Wildman–Crippen MR) is 110 cm³/mol. The highest BCUT2D eigenvalue weighted by molar-refractivity contribution is 7.80. The Bertz CT molecular complexity index is 965. The summed E-state index contributed by atoms with van der Waals surface area (Å²) in [7, 11) is 0. The number of carbonyl (C=O) groups excluding carboxylic acids is 1. The third-order valence-corrected chi connectivity index (χ3v) is 5.40. The lowest BCUT2D eigenvalue weighted by molar-refractivity contribution is 0.0978. The van der Waals surface area contributed by atoms with Crippen molar-refractivity contribution >= 4 is 84.7 Å². The summed E-state index contributed by atoms with van der Waals surface area (Å²) in [5, 5.41) is 7.47. The SMILES string of the molecule is Cc1cc2sc(NC(=S)NC(=O)c3cc(Cl)ccc3Cl)nc2cc1Cl. The fourth-order valence-electron chi connectivity index (χ4n) is 2.07. The first-order chi connectivity index (χ1) is 11.8. The second-order valence-electron chi connectivity index (χ2n) is 5.12. The van der Waals surface area contributed by atoms with Crippen LogP contribution in [0, 0.1) is 6.92 Å². The van der Waals surface area contributed by atoms with Crippen molar-refractivity contribution in [1.82, 2.24) is 10.3 Å². The van der Waals surface area contributed by atoms with Crippen molar-refractivity contribution in [2.75, 3.05) is 5.32 Å². The fourth-order valence-corrected chi connectivity index (χ4v) is 3.81. The van der Waals surface area contributed by atoms with Crippen molar-refractivity contribution in [2.45, 2.75) is 6.92 Å². The molecule has 4 nitrogen and oxygen atoms in total. The van der Waals surface area contributed by atoms with Gasteiger partial charge in [-0.3, -0.25) is 10.1 Å². The van der Waals surface area contributed by atoms with E-state index >= 15 is 0 Å². The van der Waals surface area contributed by atoms with E-state index in [9.17, 15) is 4.79 Å². The highest BCUT2D eigenvalue weighted by atomic mass is 35.5. The topological polar surface area (TPSA) is 54.0 Å². The van der Waals surface area contributed by atoms with Gasteiger partial charge in [-0.15, -0.1) is 0 Å². The highest BCUT2D eigenvalue weighted by Crippen LogP contribution is 2.30. The molecule has 9 heteroatoms. The van der Waals surface area contributed by atoms with Gasteiger partial charge in [0.1, 0.15) is 0 Å². The van der Waals surface area contributed by atoms with E-state index in [0.717, 1.165) is 15.8 Å². The summed E-state index contributed by atoms with van der Waals surface area (Å²) < 4.78 is 0.969. The van der Waals surface area contributed by atoms with Gasteiger partial charge in [-0.05, 0) is 55.0 Å². The van der Waals surface area contributed by atoms with E-state index in [2.05, 4.69) is 15.6 Å². The summed E-state index contributed by atoms with van der Waals surface area (Å²) in [6, 6.07) is 8.37. The van der Waals surface area contributed by atoms with Crippen LogP contribution in [0.3, 0.4) is 0 Å². The minimum absolute atomic E-state index is 0.114. The molecule has 0 fully saturated rings. The quantitative estimate of drug-likeness (QED) is 0.513. The first-order valence-corrected chi connectivity index (χ1v) is 9.33. The third-order valence-electron chi connectivity index (χ3n) is 3.29. The summed E-state index contributed by atoms with van der Waals surface area (Å²) in [5.74, 6) is -0.454. The number of fused-ring (bicyclic) bond motifs is 1. The Balaban J connectivity index is 1.74. The van der Waals surface area contributed by atoms with Gasteiger partial charge in [0.15, 0.2) is 10.2 Å². The van der Waals surface area contributed by atoms with Gasteiger partial charge in [0, 0.05) is 10.0 Å². The number of nitrogens with zero attached hydrogens (tertiary/aromatic N) is 1. The Hall–Kier alpha value is -1.44. The lowest BCUT2D eigenvalue weighted by atomic mass is 10.2. The standard InChI is InChI=1S/C16H10Cl3N3OS2/c1-7-4-13-12(6-11(7)19)20-16(25-13)22-15(24)21-14(23)9-5-8(17)2-3-10(9)18/h2-6H,1H3,(H2,20,21,22,23,24). The normalized spacial score (nSPS) is 10.7. The molecule has 0 saturated carbocycles. The predicted octanol–water partition coefficient (Wildman–Crippen LogP) is 5.69. The van der Waals surface area contributed by atoms with Gasteiger partial charge >= 0.3 is 0 Å². The van der Waals surface area contributed by atoms with Crippen molar-refractivity contribution in [1.29, 1.82) is 0 Å². The van der Waals surface area contributed by atoms with Gasteiger partial charge in [-0.1, -0.05) is 46.1 Å². The van der Waals surface area contributed by atoms with Gasteiger partial charge in [-0.25, -0.2) is 4.98 Å². The minimum atomic E-state index is -0.454. The van der Waals surface area contributed by atoms with Gasteiger partial charge in [-0.2, -0.15) is 0 Å². The summed E-state index contributed by atoms with van der Waals surface area (Å²) in [4.78, 5) is 16.7. The summed E-state index contributed by atoms with van der Waals surface area (Å²) in [6.45, 7) is 1.92. The van der Waals surface area contributed by atoms with Crippen LogP contribution < -0.4 is 10.6 Å². The van der Waals surface area contributed by atoms with Crippen LogP contribution in [-0.4, -0.2) is 16.0 Å². The smallest absolute Gasteiger partial charge is 0.258 e. The zero-order valence-corrected chi connectivity index (χ0v) is 16.6. The second kappa shape index (κ2) is 7.43. The van der Waals surface area contributed by atoms with Crippen molar-refractivity contribution in [2.24, 2.45) is 0 Å².